The fourth-order valence-corrected chi connectivity index (χ4v) is 3.27. The summed E-state index contributed by atoms with van der Waals surface area (Å²) in [7, 11) is 1.86. The number of nitrogens with zero attached hydrogens (tertiary/aromatic N) is 4. The van der Waals surface area contributed by atoms with E-state index in [0.717, 1.165) is 35.1 Å². The van der Waals surface area contributed by atoms with Gasteiger partial charge in [0.15, 0.2) is 0 Å². The van der Waals surface area contributed by atoms with E-state index in [1.165, 1.54) is 5.56 Å². The van der Waals surface area contributed by atoms with Gasteiger partial charge < -0.3 is 9.47 Å². The van der Waals surface area contributed by atoms with Crippen molar-refractivity contribution >= 4 is 21.6 Å². The summed E-state index contributed by atoms with van der Waals surface area (Å²) in [4.78, 5) is 5.88. The lowest BCUT2D eigenvalue weighted by atomic mass is 10.1. The molecule has 28 heavy (non-hydrogen) atoms. The maximum Gasteiger partial charge on any atom is 0.148 e. The molecule has 0 aliphatic carbocycles. The zero-order valence-corrected chi connectivity index (χ0v) is 17.0. The first kappa shape index (κ1) is 20.0. The molecule has 3 aromatic rings. The number of imidazole rings is 1. The molecule has 0 aliphatic rings. The third-order valence-corrected chi connectivity index (χ3v) is 5.10. The quantitative estimate of drug-likeness (QED) is 0.516. The highest BCUT2D eigenvalue weighted by molar-refractivity contribution is 9.10. The lowest BCUT2D eigenvalue weighted by Gasteiger charge is -2.25. The normalized spacial score (nSPS) is 10.7. The Hall–Kier alpha value is -2.72. The van der Waals surface area contributed by atoms with Crippen molar-refractivity contribution in [1.82, 2.24) is 9.55 Å². The van der Waals surface area contributed by atoms with Gasteiger partial charge >= 0.3 is 0 Å². The highest BCUT2D eigenvalue weighted by atomic mass is 79.9. The van der Waals surface area contributed by atoms with Crippen LogP contribution in [0.25, 0.3) is 0 Å². The van der Waals surface area contributed by atoms with Crippen molar-refractivity contribution in [2.75, 3.05) is 11.4 Å². The monoisotopic (exact) mass is 444 g/mol. The SMILES string of the molecule is Cn1cncc1CN(CCCc1ccc(Br)cc1)c1cc(F)c(C#N)cc1F. The van der Waals surface area contributed by atoms with Crippen LogP contribution >= 0.6 is 15.9 Å². The van der Waals surface area contributed by atoms with E-state index in [2.05, 4.69) is 20.9 Å². The second-order valence-electron chi connectivity index (χ2n) is 6.54. The molecular weight excluding hydrogens is 426 g/mol. The summed E-state index contributed by atoms with van der Waals surface area (Å²) in [5.74, 6) is -1.33. The highest BCUT2D eigenvalue weighted by Crippen LogP contribution is 2.25. The molecule has 0 radical (unpaired) electrons. The van der Waals surface area contributed by atoms with Crippen LogP contribution in [0.15, 0.2) is 53.4 Å². The molecule has 1 aromatic heterocycles. The number of hydrogen-bond acceptors (Lipinski definition) is 3. The van der Waals surface area contributed by atoms with E-state index >= 15 is 0 Å². The fourth-order valence-electron chi connectivity index (χ4n) is 3.01. The molecule has 0 fully saturated rings. The Kier molecular flexibility index (Phi) is 6.42. The molecule has 0 bridgehead atoms. The number of nitriles is 1. The number of benzene rings is 2. The van der Waals surface area contributed by atoms with E-state index in [4.69, 9.17) is 5.26 Å². The Morgan fingerprint density at radius 2 is 1.93 bits per heavy atom. The third kappa shape index (κ3) is 4.76. The van der Waals surface area contributed by atoms with E-state index in [9.17, 15) is 8.78 Å². The summed E-state index contributed by atoms with van der Waals surface area (Å²) in [6.45, 7) is 0.919. The van der Waals surface area contributed by atoms with Gasteiger partial charge in [-0.05, 0) is 36.6 Å². The molecule has 0 unspecified atom stereocenters. The summed E-state index contributed by atoms with van der Waals surface area (Å²) in [6, 6.07) is 11.8. The topological polar surface area (TPSA) is 44.9 Å². The van der Waals surface area contributed by atoms with Gasteiger partial charge in [-0.3, -0.25) is 0 Å². The van der Waals surface area contributed by atoms with Crippen LogP contribution < -0.4 is 4.90 Å². The highest BCUT2D eigenvalue weighted by Gasteiger charge is 2.17. The van der Waals surface area contributed by atoms with Crippen molar-refractivity contribution in [3.05, 3.63) is 81.9 Å². The first-order valence-corrected chi connectivity index (χ1v) is 9.61. The van der Waals surface area contributed by atoms with Crippen LogP contribution in [0.1, 0.15) is 23.2 Å². The van der Waals surface area contributed by atoms with Gasteiger partial charge in [0.1, 0.15) is 17.7 Å². The van der Waals surface area contributed by atoms with Crippen molar-refractivity contribution in [3.8, 4) is 6.07 Å². The van der Waals surface area contributed by atoms with Crippen LogP contribution in [0.3, 0.4) is 0 Å². The maximum atomic E-state index is 14.6. The number of aryl methyl sites for hydroxylation is 2. The molecule has 0 saturated heterocycles. The van der Waals surface area contributed by atoms with Gasteiger partial charge in [-0.2, -0.15) is 5.26 Å². The summed E-state index contributed by atoms with van der Waals surface area (Å²) in [5, 5.41) is 8.92. The van der Waals surface area contributed by atoms with Crippen molar-refractivity contribution < 1.29 is 8.78 Å². The lowest BCUT2D eigenvalue weighted by molar-refractivity contribution is 0.584. The molecule has 3 rings (SSSR count). The van der Waals surface area contributed by atoms with Gasteiger partial charge in [0.25, 0.3) is 0 Å². The zero-order chi connectivity index (χ0) is 20.1. The zero-order valence-electron chi connectivity index (χ0n) is 15.4. The van der Waals surface area contributed by atoms with Gasteiger partial charge in [-0.1, -0.05) is 28.1 Å². The Morgan fingerprint density at radius 1 is 1.18 bits per heavy atom. The molecule has 2 aromatic carbocycles. The Bertz CT molecular complexity index is 993. The Balaban J connectivity index is 1.81. The van der Waals surface area contributed by atoms with E-state index in [1.807, 2.05) is 35.9 Å². The standard InChI is InChI=1S/C21H19BrF2N4/c1-27-14-26-12-18(27)13-28(8-2-3-15-4-6-17(22)7-5-15)21-10-19(23)16(11-25)9-20(21)24/h4-7,9-10,12,14H,2-3,8,13H2,1H3. The number of aromatic nitrogens is 2. The number of anilines is 1. The van der Waals surface area contributed by atoms with Gasteiger partial charge in [0, 0.05) is 30.3 Å². The molecule has 144 valence electrons. The van der Waals surface area contributed by atoms with Gasteiger partial charge in [0.05, 0.1) is 29.8 Å². The smallest absolute Gasteiger partial charge is 0.148 e. The number of hydrogen-bond donors (Lipinski definition) is 0. The summed E-state index contributed by atoms with van der Waals surface area (Å²) in [5.41, 5.74) is 1.91. The van der Waals surface area contributed by atoms with Crippen LogP contribution in [0.2, 0.25) is 0 Å². The number of halogens is 3. The molecule has 0 aliphatic heterocycles. The molecular formula is C21H19BrF2N4. The second-order valence-corrected chi connectivity index (χ2v) is 7.46. The number of rotatable bonds is 7. The minimum Gasteiger partial charge on any atom is -0.363 e. The predicted octanol–water partition coefficient (Wildman–Crippen LogP) is 4.97. The summed E-state index contributed by atoms with van der Waals surface area (Å²) >= 11 is 3.42. The largest absolute Gasteiger partial charge is 0.363 e. The summed E-state index contributed by atoms with van der Waals surface area (Å²) in [6.07, 6.45) is 4.96. The molecule has 0 atom stereocenters. The minimum absolute atomic E-state index is 0.147. The van der Waals surface area contributed by atoms with Gasteiger partial charge in [0.2, 0.25) is 0 Å². The molecule has 4 nitrogen and oxygen atoms in total. The molecule has 0 saturated carbocycles. The van der Waals surface area contributed by atoms with Gasteiger partial charge in [-0.25, -0.2) is 13.8 Å². The van der Waals surface area contributed by atoms with Crippen LogP contribution in [0.4, 0.5) is 14.5 Å². The van der Waals surface area contributed by atoms with Crippen molar-refractivity contribution in [2.24, 2.45) is 7.05 Å². The van der Waals surface area contributed by atoms with Crippen molar-refractivity contribution in [3.63, 3.8) is 0 Å². The van der Waals surface area contributed by atoms with Crippen molar-refractivity contribution in [1.29, 1.82) is 5.26 Å². The molecule has 0 N–H and O–H groups in total. The molecule has 0 spiro atoms. The van der Waals surface area contributed by atoms with Gasteiger partial charge in [-0.15, -0.1) is 0 Å². The molecule has 1 heterocycles. The van der Waals surface area contributed by atoms with Crippen LogP contribution in [-0.2, 0) is 20.0 Å². The molecule has 7 heteroatoms. The van der Waals surface area contributed by atoms with E-state index in [-0.39, 0.29) is 11.3 Å². The first-order chi connectivity index (χ1) is 13.5. The second kappa shape index (κ2) is 8.98. The first-order valence-electron chi connectivity index (χ1n) is 8.81. The molecule has 0 amide bonds. The van der Waals surface area contributed by atoms with E-state index < -0.39 is 11.6 Å². The van der Waals surface area contributed by atoms with Crippen LogP contribution in [-0.4, -0.2) is 16.1 Å². The maximum absolute atomic E-state index is 14.6. The Morgan fingerprint density at radius 3 is 2.57 bits per heavy atom. The lowest BCUT2D eigenvalue weighted by Crippen LogP contribution is -2.26. The van der Waals surface area contributed by atoms with Crippen LogP contribution in [0.5, 0.6) is 0 Å². The summed E-state index contributed by atoms with van der Waals surface area (Å²) < 4.78 is 31.6. The third-order valence-electron chi connectivity index (χ3n) is 4.57. The Labute approximate surface area is 171 Å². The average molecular weight is 445 g/mol. The van der Waals surface area contributed by atoms with E-state index in [0.29, 0.717) is 13.1 Å². The van der Waals surface area contributed by atoms with Crippen molar-refractivity contribution in [2.45, 2.75) is 19.4 Å². The predicted molar refractivity (Wildman–Crippen MR) is 108 cm³/mol. The van der Waals surface area contributed by atoms with Crippen LogP contribution in [0, 0.1) is 23.0 Å². The minimum atomic E-state index is -0.721. The fraction of sp³-hybridized carbons (Fsp3) is 0.238. The average Bonchev–Trinajstić information content (AvgIpc) is 3.08. The van der Waals surface area contributed by atoms with E-state index in [1.54, 1.807) is 23.5 Å².